The van der Waals surface area contributed by atoms with E-state index in [0.29, 0.717) is 24.3 Å². The maximum absolute atomic E-state index is 13.3. The van der Waals surface area contributed by atoms with Gasteiger partial charge < -0.3 is 14.5 Å². The van der Waals surface area contributed by atoms with Crippen molar-refractivity contribution in [2.75, 3.05) is 39.3 Å². The van der Waals surface area contributed by atoms with Crippen molar-refractivity contribution in [1.82, 2.24) is 14.7 Å². The van der Waals surface area contributed by atoms with Crippen molar-refractivity contribution >= 4 is 12.0 Å². The molecule has 0 N–H and O–H groups in total. The number of amides is 2. The highest BCUT2D eigenvalue weighted by Gasteiger charge is 2.50. The summed E-state index contributed by atoms with van der Waals surface area (Å²) in [6.07, 6.45) is 12.3. The van der Waals surface area contributed by atoms with E-state index in [2.05, 4.69) is 11.0 Å². The van der Waals surface area contributed by atoms with Gasteiger partial charge in [0, 0.05) is 76.1 Å². The summed E-state index contributed by atoms with van der Waals surface area (Å²) in [5, 5.41) is 9.15. The minimum Gasteiger partial charge on any atom is -0.442 e. The highest BCUT2D eigenvalue weighted by Crippen LogP contribution is 2.42. The van der Waals surface area contributed by atoms with Gasteiger partial charge >= 0.3 is 6.09 Å². The first kappa shape index (κ1) is 28.9. The normalized spacial score (nSPS) is 24.6. The molecule has 5 rings (SSSR count). The fraction of sp³-hybridized carbons (Fsp3) is 0.727. The Morgan fingerprint density at radius 3 is 2.35 bits per heavy atom. The number of benzene rings is 1. The molecule has 3 heterocycles. The van der Waals surface area contributed by atoms with Crippen LogP contribution < -0.4 is 0 Å². The Kier molecular flexibility index (Phi) is 9.35. The van der Waals surface area contributed by atoms with Crippen LogP contribution in [0.2, 0.25) is 0 Å². The number of aryl methyl sites for hydroxylation is 2. The van der Waals surface area contributed by atoms with Gasteiger partial charge in [0.2, 0.25) is 0 Å². The molecule has 1 spiro atoms. The molecule has 7 heteroatoms. The molecule has 1 unspecified atom stereocenters. The molecular weight excluding hydrogens is 500 g/mol. The van der Waals surface area contributed by atoms with Crippen molar-refractivity contribution in [3.05, 3.63) is 34.9 Å². The molecule has 3 aliphatic heterocycles. The van der Waals surface area contributed by atoms with E-state index in [1.54, 1.807) is 0 Å². The van der Waals surface area contributed by atoms with Crippen LogP contribution in [0.15, 0.2) is 18.2 Å². The SMILES string of the molecule is Cc1cccc(C)c1C(=O)N1CCC(N2CCC3(CC2)OC(=O)N(CC2CCCCC2)CC3CCCC#N)CC1. The van der Waals surface area contributed by atoms with Gasteiger partial charge in [-0.2, -0.15) is 5.26 Å². The van der Waals surface area contributed by atoms with Gasteiger partial charge in [-0.3, -0.25) is 9.69 Å². The average molecular weight is 549 g/mol. The molecule has 4 aliphatic rings. The molecule has 1 aromatic carbocycles. The maximum Gasteiger partial charge on any atom is 0.410 e. The van der Waals surface area contributed by atoms with Crippen molar-refractivity contribution in [1.29, 1.82) is 5.26 Å². The molecular formula is C33H48N4O3. The van der Waals surface area contributed by atoms with Crippen molar-refractivity contribution in [2.45, 2.75) is 103 Å². The monoisotopic (exact) mass is 548 g/mol. The second-order valence-electron chi connectivity index (χ2n) is 12.9. The summed E-state index contributed by atoms with van der Waals surface area (Å²) in [6.45, 7) is 9.10. The third kappa shape index (κ3) is 6.33. The first-order valence-corrected chi connectivity index (χ1v) is 15.8. The van der Waals surface area contributed by atoms with E-state index < -0.39 is 5.60 Å². The topological polar surface area (TPSA) is 76.9 Å². The van der Waals surface area contributed by atoms with Crippen LogP contribution in [0.1, 0.15) is 98.5 Å². The van der Waals surface area contributed by atoms with Crippen LogP contribution in [0.5, 0.6) is 0 Å². The largest absolute Gasteiger partial charge is 0.442 e. The van der Waals surface area contributed by atoms with Gasteiger partial charge in [-0.25, -0.2) is 4.79 Å². The molecule has 218 valence electrons. The quantitative estimate of drug-likeness (QED) is 0.386. The van der Waals surface area contributed by atoms with Gasteiger partial charge in [-0.05, 0) is 69.4 Å². The number of rotatable bonds is 7. The molecule has 7 nitrogen and oxygen atoms in total. The van der Waals surface area contributed by atoms with Crippen LogP contribution in [-0.2, 0) is 4.74 Å². The Morgan fingerprint density at radius 1 is 1.02 bits per heavy atom. The van der Waals surface area contributed by atoms with E-state index in [1.165, 1.54) is 32.1 Å². The molecule has 2 amide bonds. The lowest BCUT2D eigenvalue weighted by Gasteiger charge is -2.52. The molecule has 4 fully saturated rings. The summed E-state index contributed by atoms with van der Waals surface area (Å²) in [7, 11) is 0. The molecule has 1 aromatic rings. The lowest BCUT2D eigenvalue weighted by molar-refractivity contribution is -0.127. The summed E-state index contributed by atoms with van der Waals surface area (Å²) >= 11 is 0. The Balaban J connectivity index is 1.17. The van der Waals surface area contributed by atoms with Gasteiger partial charge in [0.15, 0.2) is 0 Å². The third-order valence-electron chi connectivity index (χ3n) is 10.4. The van der Waals surface area contributed by atoms with E-state index in [4.69, 9.17) is 10.00 Å². The highest BCUT2D eigenvalue weighted by atomic mass is 16.6. The van der Waals surface area contributed by atoms with Gasteiger partial charge in [0.1, 0.15) is 5.60 Å². The van der Waals surface area contributed by atoms with Crippen molar-refractivity contribution in [3.8, 4) is 6.07 Å². The lowest BCUT2D eigenvalue weighted by Crippen LogP contribution is -2.61. The molecule has 1 atom stereocenters. The van der Waals surface area contributed by atoms with Gasteiger partial charge in [-0.1, -0.05) is 37.5 Å². The number of ether oxygens (including phenoxy) is 1. The van der Waals surface area contributed by atoms with Crippen molar-refractivity contribution in [3.63, 3.8) is 0 Å². The van der Waals surface area contributed by atoms with E-state index >= 15 is 0 Å². The van der Waals surface area contributed by atoms with Gasteiger partial charge in [-0.15, -0.1) is 0 Å². The number of hydrogen-bond donors (Lipinski definition) is 0. The molecule has 3 saturated heterocycles. The van der Waals surface area contributed by atoms with E-state index in [-0.39, 0.29) is 12.0 Å². The highest BCUT2D eigenvalue weighted by molar-refractivity contribution is 5.97. The molecule has 0 bridgehead atoms. The van der Waals surface area contributed by atoms with Crippen LogP contribution in [0.3, 0.4) is 0 Å². The maximum atomic E-state index is 13.3. The third-order valence-corrected chi connectivity index (χ3v) is 10.4. The van der Waals surface area contributed by atoms with Crippen LogP contribution in [0, 0.1) is 37.0 Å². The zero-order valence-electron chi connectivity index (χ0n) is 24.7. The molecule has 1 aliphatic carbocycles. The summed E-state index contributed by atoms with van der Waals surface area (Å²) < 4.78 is 6.39. The zero-order valence-corrected chi connectivity index (χ0v) is 24.7. The fourth-order valence-corrected chi connectivity index (χ4v) is 7.96. The minimum atomic E-state index is -0.398. The standard InChI is InChI=1S/C33H48N4O3/c1-25-9-8-10-26(2)30(25)31(38)36-19-14-29(15-20-36)35-21-16-33(17-22-35)28(13-6-7-18-34)24-37(32(39)40-33)23-27-11-4-3-5-12-27/h8-10,27-29H,3-7,11-17,19-24H2,1-2H3. The van der Waals surface area contributed by atoms with Gasteiger partial charge in [0.25, 0.3) is 5.91 Å². The number of carbonyl (C=O) groups excluding carboxylic acids is 2. The predicted molar refractivity (Wildman–Crippen MR) is 156 cm³/mol. The zero-order chi connectivity index (χ0) is 28.1. The Labute approximate surface area is 240 Å². The van der Waals surface area contributed by atoms with Gasteiger partial charge in [0.05, 0.1) is 6.07 Å². The summed E-state index contributed by atoms with van der Waals surface area (Å²) in [6, 6.07) is 8.84. The first-order chi connectivity index (χ1) is 19.4. The molecule has 1 saturated carbocycles. The Hall–Kier alpha value is -2.59. The Bertz CT molecular complexity index is 1060. The smallest absolute Gasteiger partial charge is 0.410 e. The van der Waals surface area contributed by atoms with Crippen LogP contribution >= 0.6 is 0 Å². The number of nitrogens with zero attached hydrogens (tertiary/aromatic N) is 4. The average Bonchev–Trinajstić information content (AvgIpc) is 2.96. The number of piperidine rings is 2. The number of hydrogen-bond acceptors (Lipinski definition) is 5. The number of likely N-dealkylation sites (tertiary alicyclic amines) is 2. The van der Waals surface area contributed by atoms with Crippen molar-refractivity contribution < 1.29 is 14.3 Å². The van der Waals surface area contributed by atoms with E-state index in [1.807, 2.05) is 41.8 Å². The van der Waals surface area contributed by atoms with Crippen LogP contribution in [0.25, 0.3) is 0 Å². The fourth-order valence-electron chi connectivity index (χ4n) is 7.96. The Morgan fingerprint density at radius 2 is 1.70 bits per heavy atom. The number of carbonyl (C=O) groups is 2. The van der Waals surface area contributed by atoms with E-state index in [9.17, 15) is 9.59 Å². The molecule has 0 radical (unpaired) electrons. The number of unbranched alkanes of at least 4 members (excludes halogenated alkanes) is 1. The summed E-state index contributed by atoms with van der Waals surface area (Å²) in [5.74, 6) is 1.06. The summed E-state index contributed by atoms with van der Waals surface area (Å²) in [4.78, 5) is 33.2. The first-order valence-electron chi connectivity index (χ1n) is 15.8. The van der Waals surface area contributed by atoms with Crippen LogP contribution in [-0.4, -0.2) is 77.6 Å². The molecule has 40 heavy (non-hydrogen) atoms. The molecule has 0 aromatic heterocycles. The number of nitriles is 1. The van der Waals surface area contributed by atoms with E-state index in [0.717, 1.165) is 94.5 Å². The predicted octanol–water partition coefficient (Wildman–Crippen LogP) is 6.09. The summed E-state index contributed by atoms with van der Waals surface area (Å²) in [5.41, 5.74) is 2.57. The van der Waals surface area contributed by atoms with Crippen molar-refractivity contribution in [2.24, 2.45) is 11.8 Å². The van der Waals surface area contributed by atoms with Crippen LogP contribution in [0.4, 0.5) is 4.79 Å². The second kappa shape index (κ2) is 12.9. The minimum absolute atomic E-state index is 0.117. The lowest BCUT2D eigenvalue weighted by atomic mass is 9.75. The second-order valence-corrected chi connectivity index (χ2v) is 12.9.